The number of hydrogen-bond acceptors (Lipinski definition) is 5. The van der Waals surface area contributed by atoms with Gasteiger partial charge in [0.25, 0.3) is 5.91 Å². The lowest BCUT2D eigenvalue weighted by atomic mass is 9.93. The number of rotatable bonds is 5. The van der Waals surface area contributed by atoms with Gasteiger partial charge >= 0.3 is 0 Å². The molecule has 1 fully saturated rings. The summed E-state index contributed by atoms with van der Waals surface area (Å²) in [5.41, 5.74) is 1.78. The topological polar surface area (TPSA) is 62.2 Å². The highest BCUT2D eigenvalue weighted by Gasteiger charge is 2.22. The molecule has 1 aliphatic rings. The van der Waals surface area contributed by atoms with Crippen molar-refractivity contribution in [3.63, 3.8) is 0 Å². The molecule has 0 aliphatic heterocycles. The second kappa shape index (κ2) is 8.14. The normalized spacial score (nSPS) is 20.8. The van der Waals surface area contributed by atoms with E-state index in [-0.39, 0.29) is 18.1 Å². The van der Waals surface area contributed by atoms with Crippen molar-refractivity contribution in [2.45, 2.75) is 55.4 Å². The van der Waals surface area contributed by atoms with Crippen molar-refractivity contribution in [2.75, 3.05) is 0 Å². The zero-order chi connectivity index (χ0) is 16.9. The van der Waals surface area contributed by atoms with E-state index in [4.69, 9.17) is 0 Å². The van der Waals surface area contributed by atoms with Crippen molar-refractivity contribution in [3.05, 3.63) is 45.9 Å². The number of hydrogen-bond donors (Lipinski definition) is 2. The van der Waals surface area contributed by atoms with Gasteiger partial charge in [-0.05, 0) is 44.7 Å². The number of nitrogens with zero attached hydrogens (tertiary/aromatic N) is 1. The summed E-state index contributed by atoms with van der Waals surface area (Å²) in [5.74, 6) is 0.749. The molecule has 0 unspecified atom stereocenters. The summed E-state index contributed by atoms with van der Waals surface area (Å²) in [6.45, 7) is 2.00. The number of carbonyl (C=O) groups excluding carboxylic acids is 1. The number of thioether (sulfide) groups is 1. The van der Waals surface area contributed by atoms with Crippen LogP contribution in [0.15, 0.2) is 34.5 Å². The highest BCUT2D eigenvalue weighted by molar-refractivity contribution is 7.98. The molecule has 0 atom stereocenters. The highest BCUT2D eigenvalue weighted by atomic mass is 32.2. The lowest BCUT2D eigenvalue weighted by Gasteiger charge is -2.26. The van der Waals surface area contributed by atoms with Crippen LogP contribution < -0.4 is 5.32 Å². The first-order valence-corrected chi connectivity index (χ1v) is 10.1. The first-order chi connectivity index (χ1) is 11.6. The van der Waals surface area contributed by atoms with Crippen LogP contribution in [0.25, 0.3) is 0 Å². The number of amides is 1. The zero-order valence-corrected chi connectivity index (χ0v) is 15.3. The Morgan fingerprint density at radius 3 is 2.79 bits per heavy atom. The average molecular weight is 363 g/mol. The van der Waals surface area contributed by atoms with E-state index in [1.165, 1.54) is 0 Å². The monoisotopic (exact) mass is 362 g/mol. The molecule has 128 valence electrons. The maximum Gasteiger partial charge on any atom is 0.252 e. The molecule has 1 heterocycles. The molecule has 0 spiro atoms. The standard InChI is InChI=1S/C18H22N2O2S2/c1-12-19-14(10-23-12)11-24-17-5-3-2-4-16(17)18(22)20-13-6-8-15(21)9-7-13/h2-5,10,13,15,21H,6-9,11H2,1H3,(H,20,22). The Hall–Kier alpha value is -1.37. The third-order valence-corrected chi connectivity index (χ3v) is 6.14. The third kappa shape index (κ3) is 4.59. The first kappa shape index (κ1) is 17.5. The van der Waals surface area contributed by atoms with Crippen molar-refractivity contribution in [1.29, 1.82) is 0 Å². The van der Waals surface area contributed by atoms with Gasteiger partial charge in [0.15, 0.2) is 0 Å². The third-order valence-electron chi connectivity index (χ3n) is 4.21. The Kier molecular flexibility index (Phi) is 5.92. The van der Waals surface area contributed by atoms with Crippen molar-refractivity contribution in [1.82, 2.24) is 10.3 Å². The Morgan fingerprint density at radius 2 is 2.08 bits per heavy atom. The molecule has 1 amide bonds. The number of benzene rings is 1. The van der Waals surface area contributed by atoms with Crippen molar-refractivity contribution in [2.24, 2.45) is 0 Å². The molecular formula is C18H22N2O2S2. The lowest BCUT2D eigenvalue weighted by Crippen LogP contribution is -2.38. The van der Waals surface area contributed by atoms with Crippen LogP contribution in [-0.4, -0.2) is 28.1 Å². The molecule has 2 N–H and O–H groups in total. The van der Waals surface area contributed by atoms with Crippen molar-refractivity contribution in [3.8, 4) is 0 Å². The predicted molar refractivity (Wildman–Crippen MR) is 98.6 cm³/mol. The van der Waals surface area contributed by atoms with Gasteiger partial charge in [0.05, 0.1) is 22.4 Å². The molecule has 0 radical (unpaired) electrons. The highest BCUT2D eigenvalue weighted by Crippen LogP contribution is 2.27. The van der Waals surface area contributed by atoms with E-state index in [2.05, 4.69) is 15.7 Å². The lowest BCUT2D eigenvalue weighted by molar-refractivity contribution is 0.0865. The quantitative estimate of drug-likeness (QED) is 0.795. The van der Waals surface area contributed by atoms with Gasteiger partial charge in [-0.3, -0.25) is 4.79 Å². The van der Waals surface area contributed by atoms with E-state index < -0.39 is 0 Å². The Morgan fingerprint density at radius 1 is 1.33 bits per heavy atom. The molecule has 24 heavy (non-hydrogen) atoms. The van der Waals surface area contributed by atoms with Gasteiger partial charge in [0, 0.05) is 22.1 Å². The predicted octanol–water partition coefficient (Wildman–Crippen LogP) is 3.78. The maximum atomic E-state index is 12.6. The molecule has 1 saturated carbocycles. The molecule has 3 rings (SSSR count). The van der Waals surface area contributed by atoms with Crippen LogP contribution in [0.2, 0.25) is 0 Å². The van der Waals surface area contributed by atoms with Gasteiger partial charge in [-0.2, -0.15) is 0 Å². The molecule has 0 saturated heterocycles. The van der Waals surface area contributed by atoms with Gasteiger partial charge in [-0.25, -0.2) is 4.98 Å². The summed E-state index contributed by atoms with van der Waals surface area (Å²) in [6, 6.07) is 7.89. The van der Waals surface area contributed by atoms with Crippen molar-refractivity contribution >= 4 is 29.0 Å². The van der Waals surface area contributed by atoms with Gasteiger partial charge in [-0.15, -0.1) is 23.1 Å². The molecule has 2 aromatic rings. The molecular weight excluding hydrogens is 340 g/mol. The number of aliphatic hydroxyl groups is 1. The van der Waals surface area contributed by atoms with E-state index >= 15 is 0 Å². The van der Waals surface area contributed by atoms with Gasteiger partial charge < -0.3 is 10.4 Å². The van der Waals surface area contributed by atoms with Crippen LogP contribution in [0.1, 0.15) is 46.7 Å². The summed E-state index contributed by atoms with van der Waals surface area (Å²) in [7, 11) is 0. The molecule has 1 aliphatic carbocycles. The summed E-state index contributed by atoms with van der Waals surface area (Å²) in [4.78, 5) is 18.1. The maximum absolute atomic E-state index is 12.6. The molecule has 1 aromatic carbocycles. The van der Waals surface area contributed by atoms with Crippen LogP contribution in [0, 0.1) is 6.92 Å². The minimum atomic E-state index is -0.206. The Labute approximate surface area is 150 Å². The number of carbonyl (C=O) groups is 1. The van der Waals surface area contributed by atoms with E-state index in [0.717, 1.165) is 52.6 Å². The van der Waals surface area contributed by atoms with Crippen LogP contribution >= 0.6 is 23.1 Å². The summed E-state index contributed by atoms with van der Waals surface area (Å²) >= 11 is 3.30. The fourth-order valence-corrected chi connectivity index (χ4v) is 4.55. The second-order valence-electron chi connectivity index (χ2n) is 6.12. The fraction of sp³-hybridized carbons (Fsp3) is 0.444. The molecule has 0 bridgehead atoms. The van der Waals surface area contributed by atoms with Crippen LogP contribution in [0.5, 0.6) is 0 Å². The zero-order valence-electron chi connectivity index (χ0n) is 13.7. The minimum Gasteiger partial charge on any atom is -0.393 e. The average Bonchev–Trinajstić information content (AvgIpc) is 3.01. The Bertz CT molecular complexity index is 694. The smallest absolute Gasteiger partial charge is 0.252 e. The number of aromatic nitrogens is 1. The van der Waals surface area contributed by atoms with Gasteiger partial charge in [-0.1, -0.05) is 12.1 Å². The summed E-state index contributed by atoms with van der Waals surface area (Å²) < 4.78 is 0. The number of aryl methyl sites for hydroxylation is 1. The number of thiazole rings is 1. The summed E-state index contributed by atoms with van der Waals surface area (Å²) in [5, 5.41) is 15.8. The Balaban J connectivity index is 1.63. The van der Waals surface area contributed by atoms with Crippen molar-refractivity contribution < 1.29 is 9.90 Å². The van der Waals surface area contributed by atoms with Crippen LogP contribution in [0.4, 0.5) is 0 Å². The fourth-order valence-electron chi connectivity index (χ4n) is 2.89. The molecule has 4 nitrogen and oxygen atoms in total. The van der Waals surface area contributed by atoms with Crippen LogP contribution in [0.3, 0.4) is 0 Å². The van der Waals surface area contributed by atoms with E-state index in [1.807, 2.05) is 31.2 Å². The number of aliphatic hydroxyl groups excluding tert-OH is 1. The molecule has 6 heteroatoms. The number of nitrogens with one attached hydrogen (secondary N) is 1. The van der Waals surface area contributed by atoms with E-state index in [1.54, 1.807) is 23.1 Å². The van der Waals surface area contributed by atoms with Gasteiger partial charge in [0.1, 0.15) is 0 Å². The largest absolute Gasteiger partial charge is 0.393 e. The first-order valence-electron chi connectivity index (χ1n) is 8.23. The minimum absolute atomic E-state index is 0.0195. The van der Waals surface area contributed by atoms with Crippen LogP contribution in [-0.2, 0) is 5.75 Å². The summed E-state index contributed by atoms with van der Waals surface area (Å²) in [6.07, 6.45) is 3.03. The van der Waals surface area contributed by atoms with Gasteiger partial charge in [0.2, 0.25) is 0 Å². The van der Waals surface area contributed by atoms with E-state index in [9.17, 15) is 9.90 Å². The van der Waals surface area contributed by atoms with E-state index in [0.29, 0.717) is 0 Å². The molecule has 1 aromatic heterocycles. The second-order valence-corrected chi connectivity index (χ2v) is 8.20. The SMILES string of the molecule is Cc1nc(CSc2ccccc2C(=O)NC2CCC(O)CC2)cs1.